The van der Waals surface area contributed by atoms with Crippen LogP contribution in [-0.2, 0) is 15.7 Å². The Labute approximate surface area is 182 Å². The predicted octanol–water partition coefficient (Wildman–Crippen LogP) is 5.81. The van der Waals surface area contributed by atoms with Crippen LogP contribution in [0.3, 0.4) is 0 Å². The van der Waals surface area contributed by atoms with Crippen molar-refractivity contribution < 1.29 is 15.7 Å². The van der Waals surface area contributed by atoms with Crippen molar-refractivity contribution in [2.24, 2.45) is 11.8 Å². The van der Waals surface area contributed by atoms with Crippen molar-refractivity contribution in [1.29, 1.82) is 0 Å². The third-order valence-electron chi connectivity index (χ3n) is 4.61. The number of hydrogen-bond acceptors (Lipinski definition) is 6. The van der Waals surface area contributed by atoms with Gasteiger partial charge in [0, 0.05) is 0 Å². The Morgan fingerprint density at radius 2 is 1.11 bits per heavy atom. The predicted molar refractivity (Wildman–Crippen MR) is 122 cm³/mol. The van der Waals surface area contributed by atoms with Crippen molar-refractivity contribution in [3.05, 3.63) is 0 Å². The van der Waals surface area contributed by atoms with Crippen LogP contribution in [0.15, 0.2) is 0 Å². The number of thiol groups is 2. The minimum atomic E-state index is -3.68. The summed E-state index contributed by atoms with van der Waals surface area (Å²) in [6.07, 6.45) is 10.5. The van der Waals surface area contributed by atoms with Gasteiger partial charge in [0.1, 0.15) is 0 Å². The average molecular weight is 527 g/mol. The van der Waals surface area contributed by atoms with Crippen molar-refractivity contribution in [3.63, 3.8) is 0 Å². The summed E-state index contributed by atoms with van der Waals surface area (Å²) in [7, 11) is 0. The third-order valence-corrected chi connectivity index (χ3v) is 9.45. The number of carbonyl (C=O) groups is 2. The molecule has 27 heavy (non-hydrogen) atoms. The van der Waals surface area contributed by atoms with Crippen molar-refractivity contribution in [1.82, 2.24) is 0 Å². The zero-order valence-corrected chi connectivity index (χ0v) is 22.3. The van der Waals surface area contributed by atoms with E-state index in [4.69, 9.17) is 6.15 Å². The van der Waals surface area contributed by atoms with Gasteiger partial charge in [-0.2, -0.15) is 0 Å². The molecule has 0 amide bonds. The van der Waals surface area contributed by atoms with Crippen LogP contribution in [0.1, 0.15) is 78.1 Å². The minimum absolute atomic E-state index is 0.213. The van der Waals surface area contributed by atoms with Gasteiger partial charge < -0.3 is 0 Å². The first-order valence-corrected chi connectivity index (χ1v) is 19.8. The van der Waals surface area contributed by atoms with Crippen LogP contribution < -0.4 is 0 Å². The topological polar surface area (TPSA) is 52.6 Å². The maximum atomic E-state index is 12.5. The average Bonchev–Trinajstić information content (AvgIpc) is 2.60. The molecule has 7 heteroatoms. The Hall–Kier alpha value is 0.439. The zero-order chi connectivity index (χ0) is 20.7. The summed E-state index contributed by atoms with van der Waals surface area (Å²) in [6, 6.07) is 0. The molecule has 0 aliphatic heterocycles. The van der Waals surface area contributed by atoms with Gasteiger partial charge in [0.2, 0.25) is 0 Å². The molecule has 2 unspecified atom stereocenters. The van der Waals surface area contributed by atoms with Crippen molar-refractivity contribution in [2.45, 2.75) is 87.9 Å². The van der Waals surface area contributed by atoms with Crippen LogP contribution >= 0.6 is 25.3 Å². The van der Waals surface area contributed by atoms with Gasteiger partial charge in [-0.1, -0.05) is 0 Å². The standard InChI is InChI=1S/2C9H18O2S.2CH3.Sn/c2*1-2-3-4-5-6-8(7-12)9(10)11;;;/h2*8,12H,2-7H2,1H3,(H,10,11);2*1H3;/q;;;;+2/p-2. The molecule has 0 bridgehead atoms. The quantitative estimate of drug-likeness (QED) is 0.151. The summed E-state index contributed by atoms with van der Waals surface area (Å²) in [4.78, 5) is 28.6. The summed E-state index contributed by atoms with van der Waals surface area (Å²) >= 11 is 4.94. The second-order valence-corrected chi connectivity index (χ2v) is 17.6. The molecule has 0 spiro atoms. The van der Waals surface area contributed by atoms with Gasteiger partial charge in [0.15, 0.2) is 0 Å². The molecule has 160 valence electrons. The summed E-state index contributed by atoms with van der Waals surface area (Å²) in [5.41, 5.74) is 0. The molecule has 0 aromatic carbocycles. The molecule has 0 aromatic heterocycles. The fraction of sp³-hybridized carbons (Fsp3) is 0.900. The number of rotatable bonds is 16. The van der Waals surface area contributed by atoms with Crippen LogP contribution in [0, 0.1) is 11.8 Å². The molecule has 0 N–H and O–H groups in total. The molecule has 0 aliphatic carbocycles. The fourth-order valence-electron chi connectivity index (χ4n) is 2.87. The molecular weight excluding hydrogens is 487 g/mol. The van der Waals surface area contributed by atoms with Crippen molar-refractivity contribution in [3.8, 4) is 0 Å². The monoisotopic (exact) mass is 528 g/mol. The first kappa shape index (κ1) is 27.4. The van der Waals surface area contributed by atoms with Crippen LogP contribution in [0.25, 0.3) is 0 Å². The molecule has 0 aromatic rings. The van der Waals surface area contributed by atoms with Crippen LogP contribution in [0.2, 0.25) is 9.88 Å². The summed E-state index contributed by atoms with van der Waals surface area (Å²) < 4.78 is 11.4. The first-order chi connectivity index (χ1) is 12.8. The van der Waals surface area contributed by atoms with Gasteiger partial charge in [-0.05, 0) is 0 Å². The normalized spacial score (nSPS) is 13.9. The van der Waals surface area contributed by atoms with Crippen LogP contribution in [-0.4, -0.2) is 42.6 Å². The van der Waals surface area contributed by atoms with E-state index in [-0.39, 0.29) is 23.8 Å². The Morgan fingerprint density at radius 3 is 1.41 bits per heavy atom. The summed E-state index contributed by atoms with van der Waals surface area (Å²) in [5, 5.41) is 0. The van der Waals surface area contributed by atoms with Gasteiger partial charge in [0.05, 0.1) is 0 Å². The van der Waals surface area contributed by atoms with E-state index in [9.17, 15) is 9.59 Å². The molecule has 4 nitrogen and oxygen atoms in total. The molecule has 0 saturated heterocycles. The Balaban J connectivity index is 4.51. The number of unbranched alkanes of at least 4 members (excludes halogenated alkanes) is 6. The second-order valence-electron chi connectivity index (χ2n) is 7.70. The molecule has 0 fully saturated rings. The van der Waals surface area contributed by atoms with Crippen LogP contribution in [0.5, 0.6) is 0 Å². The molecule has 0 aliphatic rings. The van der Waals surface area contributed by atoms with E-state index in [0.717, 1.165) is 38.5 Å². The SMILES string of the molecule is CCCCCCC(CS)C(=O)[O][Sn]([CH3])([CH3])[O]C(=O)C(CS)CCCCCC. The van der Waals surface area contributed by atoms with E-state index in [1.165, 1.54) is 25.7 Å². The molecule has 2 atom stereocenters. The van der Waals surface area contributed by atoms with Crippen LogP contribution in [0.4, 0.5) is 0 Å². The molecule has 0 heterocycles. The number of carbonyl (C=O) groups excluding carboxylic acids is 2. The molecule has 0 radical (unpaired) electrons. The molecular formula is C20H40O4S2Sn. The molecule has 0 saturated carbocycles. The molecule has 0 rings (SSSR count). The third kappa shape index (κ3) is 13.3. The fourth-order valence-corrected chi connectivity index (χ4v) is 7.37. The maximum absolute atomic E-state index is 12.5. The number of hydrogen-bond donors (Lipinski definition) is 2. The zero-order valence-electron chi connectivity index (χ0n) is 17.7. The van der Waals surface area contributed by atoms with Gasteiger partial charge >= 0.3 is 183 Å². The van der Waals surface area contributed by atoms with Gasteiger partial charge in [-0.25, -0.2) is 0 Å². The van der Waals surface area contributed by atoms with E-state index in [0.29, 0.717) is 11.5 Å². The summed E-state index contributed by atoms with van der Waals surface area (Å²) in [6.45, 7) is 4.33. The van der Waals surface area contributed by atoms with E-state index in [1.807, 2.05) is 9.88 Å². The van der Waals surface area contributed by atoms with E-state index in [1.54, 1.807) is 0 Å². The van der Waals surface area contributed by atoms with Gasteiger partial charge in [-0.15, -0.1) is 0 Å². The van der Waals surface area contributed by atoms with E-state index >= 15 is 0 Å². The van der Waals surface area contributed by atoms with Gasteiger partial charge in [-0.3, -0.25) is 0 Å². The van der Waals surface area contributed by atoms with E-state index < -0.39 is 19.2 Å². The Kier molecular flexibility index (Phi) is 16.5. The second kappa shape index (κ2) is 16.3. The Bertz CT molecular complexity index is 383. The van der Waals surface area contributed by atoms with E-state index in [2.05, 4.69) is 39.1 Å². The van der Waals surface area contributed by atoms with Gasteiger partial charge in [0.25, 0.3) is 0 Å². The summed E-state index contributed by atoms with van der Waals surface area (Å²) in [5.74, 6) is 0.0138. The Morgan fingerprint density at radius 1 is 0.741 bits per heavy atom. The van der Waals surface area contributed by atoms with Crippen molar-refractivity contribution >= 4 is 56.4 Å². The van der Waals surface area contributed by atoms with Crippen molar-refractivity contribution in [2.75, 3.05) is 11.5 Å². The first-order valence-electron chi connectivity index (χ1n) is 10.5.